The molecule has 0 saturated carbocycles. The maximum atomic E-state index is 14.1. The number of carbonyl (C=O) groups excluding carboxylic acids is 2. The number of anilines is 1. The Morgan fingerprint density at radius 3 is 2.23 bits per heavy atom. The van der Waals surface area contributed by atoms with E-state index in [1.807, 2.05) is 38.1 Å². The van der Waals surface area contributed by atoms with Gasteiger partial charge in [0.15, 0.2) is 0 Å². The second-order valence-corrected chi connectivity index (χ2v) is 11.2. The van der Waals surface area contributed by atoms with Crippen molar-refractivity contribution in [1.82, 2.24) is 10.2 Å². The predicted molar refractivity (Wildman–Crippen MR) is 155 cm³/mol. The Hall–Kier alpha value is -4.05. The van der Waals surface area contributed by atoms with Gasteiger partial charge >= 0.3 is 0 Å². The highest BCUT2D eigenvalue weighted by Crippen LogP contribution is 2.36. The predicted octanol–water partition coefficient (Wildman–Crippen LogP) is 4.07. The number of likely N-dealkylation sites (N-methyl/N-ethyl adjacent to an activating group) is 1. The monoisotopic (exact) mass is 567 g/mol. The van der Waals surface area contributed by atoms with Crippen molar-refractivity contribution in [2.75, 3.05) is 31.6 Å². The summed E-state index contributed by atoms with van der Waals surface area (Å²) in [5.74, 6) is -0.259. The molecule has 0 radical (unpaired) electrons. The number of methoxy groups -OCH3 is 2. The van der Waals surface area contributed by atoms with E-state index < -0.39 is 28.5 Å². The highest BCUT2D eigenvalue weighted by Gasteiger charge is 2.34. The van der Waals surface area contributed by atoms with Crippen molar-refractivity contribution in [3.8, 4) is 11.5 Å². The number of benzene rings is 3. The standard InChI is InChI=1S/C30H37N3O6S/c1-7-31-30(35)23(4)32(19-24-11-9-8-10-22(24)3)29(34)20-33(27-18-25(38-5)14-17-28(27)39-6)40(36,37)26-15-12-21(2)13-16-26/h8-18,23H,7,19-20H2,1-6H3,(H,31,35)/t23-/m0/s1. The van der Waals surface area contributed by atoms with Crippen LogP contribution >= 0.6 is 0 Å². The Balaban J connectivity index is 2.13. The molecule has 3 aromatic rings. The van der Waals surface area contributed by atoms with Crippen LogP contribution in [0.5, 0.6) is 11.5 Å². The van der Waals surface area contributed by atoms with Crippen LogP contribution in [0, 0.1) is 13.8 Å². The fraction of sp³-hybridized carbons (Fsp3) is 0.333. The number of rotatable bonds is 12. The van der Waals surface area contributed by atoms with Crippen molar-refractivity contribution in [2.45, 2.75) is 45.2 Å². The minimum atomic E-state index is -4.24. The lowest BCUT2D eigenvalue weighted by Crippen LogP contribution is -2.51. The molecule has 0 aliphatic carbocycles. The number of amides is 2. The summed E-state index contributed by atoms with van der Waals surface area (Å²) in [5, 5.41) is 2.76. The van der Waals surface area contributed by atoms with Gasteiger partial charge in [0.05, 0.1) is 24.8 Å². The summed E-state index contributed by atoms with van der Waals surface area (Å²) in [6.07, 6.45) is 0. The SMILES string of the molecule is CCNC(=O)[C@H](C)N(Cc1ccccc1C)C(=O)CN(c1cc(OC)ccc1OC)S(=O)(=O)c1ccc(C)cc1. The van der Waals surface area contributed by atoms with E-state index in [2.05, 4.69) is 5.32 Å². The summed E-state index contributed by atoms with van der Waals surface area (Å²) in [5.41, 5.74) is 2.82. The van der Waals surface area contributed by atoms with Crippen LogP contribution in [0.25, 0.3) is 0 Å². The Bertz CT molecular complexity index is 1440. The van der Waals surface area contributed by atoms with Gasteiger partial charge in [0.1, 0.15) is 24.1 Å². The summed E-state index contributed by atoms with van der Waals surface area (Å²) in [6, 6.07) is 17.8. The van der Waals surface area contributed by atoms with E-state index in [-0.39, 0.29) is 28.8 Å². The smallest absolute Gasteiger partial charge is 0.264 e. The van der Waals surface area contributed by atoms with Crippen molar-refractivity contribution >= 4 is 27.5 Å². The number of carbonyl (C=O) groups is 2. The average Bonchev–Trinajstić information content (AvgIpc) is 2.94. The summed E-state index contributed by atoms with van der Waals surface area (Å²) >= 11 is 0. The summed E-state index contributed by atoms with van der Waals surface area (Å²) < 4.78 is 40.0. The molecule has 0 bridgehead atoms. The molecule has 3 rings (SSSR count). The van der Waals surface area contributed by atoms with Gasteiger partial charge in [-0.1, -0.05) is 42.0 Å². The van der Waals surface area contributed by atoms with E-state index in [4.69, 9.17) is 9.47 Å². The lowest BCUT2D eigenvalue weighted by Gasteiger charge is -2.32. The van der Waals surface area contributed by atoms with Gasteiger partial charge in [0.2, 0.25) is 11.8 Å². The Morgan fingerprint density at radius 2 is 1.62 bits per heavy atom. The van der Waals surface area contributed by atoms with E-state index in [1.165, 1.54) is 37.3 Å². The van der Waals surface area contributed by atoms with E-state index in [0.717, 1.165) is 21.0 Å². The van der Waals surface area contributed by atoms with Gasteiger partial charge < -0.3 is 19.7 Å². The Labute approximate surface area is 236 Å². The zero-order chi connectivity index (χ0) is 29.4. The van der Waals surface area contributed by atoms with Crippen LogP contribution in [-0.4, -0.2) is 58.5 Å². The molecule has 0 unspecified atom stereocenters. The third-order valence-corrected chi connectivity index (χ3v) is 8.44. The molecule has 3 aromatic carbocycles. The second-order valence-electron chi connectivity index (χ2n) is 9.38. The first-order valence-electron chi connectivity index (χ1n) is 13.0. The van der Waals surface area contributed by atoms with Crippen LogP contribution in [0.4, 0.5) is 5.69 Å². The highest BCUT2D eigenvalue weighted by atomic mass is 32.2. The highest BCUT2D eigenvalue weighted by molar-refractivity contribution is 7.92. The van der Waals surface area contributed by atoms with Crippen molar-refractivity contribution < 1.29 is 27.5 Å². The maximum Gasteiger partial charge on any atom is 0.264 e. The van der Waals surface area contributed by atoms with Crippen molar-refractivity contribution in [1.29, 1.82) is 0 Å². The molecular weight excluding hydrogens is 530 g/mol. The molecule has 2 amide bonds. The van der Waals surface area contributed by atoms with E-state index in [1.54, 1.807) is 38.1 Å². The number of nitrogens with zero attached hydrogens (tertiary/aromatic N) is 2. The van der Waals surface area contributed by atoms with Gasteiger partial charge in [-0.25, -0.2) is 8.42 Å². The molecule has 214 valence electrons. The molecule has 40 heavy (non-hydrogen) atoms. The zero-order valence-corrected chi connectivity index (χ0v) is 24.6. The van der Waals surface area contributed by atoms with Crippen molar-refractivity contribution in [2.24, 2.45) is 0 Å². The van der Waals surface area contributed by atoms with Crippen LogP contribution in [0.1, 0.15) is 30.5 Å². The number of ether oxygens (including phenoxy) is 2. The van der Waals surface area contributed by atoms with E-state index >= 15 is 0 Å². The van der Waals surface area contributed by atoms with Crippen LogP contribution in [0.15, 0.2) is 71.6 Å². The van der Waals surface area contributed by atoms with Gasteiger partial charge in [-0.3, -0.25) is 13.9 Å². The number of aryl methyl sites for hydroxylation is 2. The third-order valence-electron chi connectivity index (χ3n) is 6.66. The fourth-order valence-corrected chi connectivity index (χ4v) is 5.63. The molecule has 10 heteroatoms. The average molecular weight is 568 g/mol. The Morgan fingerprint density at radius 1 is 0.950 bits per heavy atom. The van der Waals surface area contributed by atoms with Crippen LogP contribution in [-0.2, 0) is 26.2 Å². The second kappa shape index (κ2) is 13.3. The molecule has 0 aliphatic heterocycles. The minimum Gasteiger partial charge on any atom is -0.497 e. The quantitative estimate of drug-likeness (QED) is 0.354. The zero-order valence-electron chi connectivity index (χ0n) is 23.8. The van der Waals surface area contributed by atoms with Gasteiger partial charge in [0, 0.05) is 19.2 Å². The third kappa shape index (κ3) is 6.93. The van der Waals surface area contributed by atoms with Crippen LogP contribution in [0.3, 0.4) is 0 Å². The molecule has 0 fully saturated rings. The number of hydrogen-bond donors (Lipinski definition) is 1. The molecule has 1 atom stereocenters. The summed E-state index contributed by atoms with van der Waals surface area (Å²) in [6.45, 7) is 7.14. The number of hydrogen-bond acceptors (Lipinski definition) is 6. The van der Waals surface area contributed by atoms with Crippen molar-refractivity contribution in [3.05, 3.63) is 83.4 Å². The molecule has 0 spiro atoms. The molecule has 0 aromatic heterocycles. The summed E-state index contributed by atoms with van der Waals surface area (Å²) in [4.78, 5) is 28.3. The Kier molecular flexibility index (Phi) is 10.2. The maximum absolute atomic E-state index is 14.1. The number of nitrogens with one attached hydrogen (secondary N) is 1. The largest absolute Gasteiger partial charge is 0.497 e. The fourth-order valence-electron chi connectivity index (χ4n) is 4.22. The molecule has 0 saturated heterocycles. The van der Waals surface area contributed by atoms with Crippen LogP contribution < -0.4 is 19.1 Å². The molecule has 9 nitrogen and oxygen atoms in total. The minimum absolute atomic E-state index is 0.0120. The van der Waals surface area contributed by atoms with Gasteiger partial charge in [-0.15, -0.1) is 0 Å². The van der Waals surface area contributed by atoms with E-state index in [9.17, 15) is 18.0 Å². The normalized spacial score (nSPS) is 11.8. The molecular formula is C30H37N3O6S. The van der Waals surface area contributed by atoms with Gasteiger partial charge in [0.25, 0.3) is 10.0 Å². The first kappa shape index (κ1) is 30.5. The molecule has 0 aliphatic rings. The summed E-state index contributed by atoms with van der Waals surface area (Å²) in [7, 11) is -1.36. The van der Waals surface area contributed by atoms with Gasteiger partial charge in [-0.2, -0.15) is 0 Å². The lowest BCUT2D eigenvalue weighted by molar-refractivity contribution is -0.139. The first-order chi connectivity index (χ1) is 19.0. The topological polar surface area (TPSA) is 105 Å². The van der Waals surface area contributed by atoms with Crippen LogP contribution in [0.2, 0.25) is 0 Å². The number of sulfonamides is 1. The first-order valence-corrected chi connectivity index (χ1v) is 14.4. The molecule has 1 N–H and O–H groups in total. The molecule has 0 heterocycles. The van der Waals surface area contributed by atoms with E-state index in [0.29, 0.717) is 12.3 Å². The van der Waals surface area contributed by atoms with Gasteiger partial charge in [-0.05, 0) is 63.1 Å². The van der Waals surface area contributed by atoms with Crippen molar-refractivity contribution in [3.63, 3.8) is 0 Å². The lowest BCUT2D eigenvalue weighted by atomic mass is 10.1.